The number of piperidine rings is 1. The average molecular weight is 242 g/mol. The molecule has 1 amide bonds. The zero-order valence-electron chi connectivity index (χ0n) is 9.86. The van der Waals surface area contributed by atoms with Crippen molar-refractivity contribution in [1.29, 1.82) is 0 Å². The molecule has 0 spiro atoms. The number of amides is 1. The first-order valence-corrected chi connectivity index (χ1v) is 5.91. The van der Waals surface area contributed by atoms with Gasteiger partial charge in [0.05, 0.1) is 5.03 Å². The summed E-state index contributed by atoms with van der Waals surface area (Å²) in [7, 11) is 0. The van der Waals surface area contributed by atoms with Crippen molar-refractivity contribution in [2.75, 3.05) is 13.1 Å². The number of ether oxygens (including phenoxy) is 1. The van der Waals surface area contributed by atoms with E-state index in [2.05, 4.69) is 12.6 Å². The topological polar surface area (TPSA) is 55.6 Å². The number of nitrogens with zero attached hydrogens (tertiary/aromatic N) is 1. The van der Waals surface area contributed by atoms with Crippen LogP contribution in [-0.4, -0.2) is 29.7 Å². The predicted molar refractivity (Wildman–Crippen MR) is 65.0 cm³/mol. The Kier molecular flexibility index (Phi) is 2.61. The van der Waals surface area contributed by atoms with Gasteiger partial charge in [0.1, 0.15) is 5.60 Å². The van der Waals surface area contributed by atoms with Crippen LogP contribution in [0.25, 0.3) is 0 Å². The van der Waals surface area contributed by atoms with Crippen LogP contribution in [-0.2, 0) is 4.74 Å². The Labute approximate surface area is 101 Å². The van der Waals surface area contributed by atoms with Crippen molar-refractivity contribution >= 4 is 18.7 Å². The molecule has 0 aromatic rings. The number of likely N-dealkylation sites (tertiary alicyclic amines) is 1. The summed E-state index contributed by atoms with van der Waals surface area (Å²) in [5.41, 5.74) is 6.41. The first-order chi connectivity index (χ1) is 7.29. The Bertz CT molecular complexity index is 341. The predicted octanol–water partition coefficient (Wildman–Crippen LogP) is 1.58. The van der Waals surface area contributed by atoms with Gasteiger partial charge < -0.3 is 15.4 Å². The fraction of sp³-hybridized carbons (Fsp3) is 0.727. The van der Waals surface area contributed by atoms with Gasteiger partial charge in [0.2, 0.25) is 0 Å². The van der Waals surface area contributed by atoms with Crippen LogP contribution in [0, 0.1) is 11.8 Å². The minimum Gasteiger partial charge on any atom is -0.444 e. The van der Waals surface area contributed by atoms with Crippen LogP contribution >= 0.6 is 12.6 Å². The number of fused-ring (bicyclic) bond motifs is 1. The van der Waals surface area contributed by atoms with Crippen LogP contribution in [0.5, 0.6) is 0 Å². The minimum absolute atomic E-state index is 0.225. The lowest BCUT2D eigenvalue weighted by Gasteiger charge is -2.25. The SMILES string of the molecule is CC(C)(C)OC(=O)N1C[C@@H]2C(=C(N)S)[C@@H]2C1. The summed E-state index contributed by atoms with van der Waals surface area (Å²) in [6.07, 6.45) is -0.225. The number of rotatable bonds is 0. The number of thiol groups is 1. The molecule has 5 heteroatoms. The molecular formula is C11H18N2O2S. The Balaban J connectivity index is 1.90. The molecule has 0 aromatic heterocycles. The highest BCUT2D eigenvalue weighted by molar-refractivity contribution is 7.84. The van der Waals surface area contributed by atoms with E-state index < -0.39 is 5.60 Å². The van der Waals surface area contributed by atoms with Gasteiger partial charge in [-0.3, -0.25) is 0 Å². The molecule has 2 atom stereocenters. The summed E-state index contributed by atoms with van der Waals surface area (Å²) in [4.78, 5) is 13.5. The molecule has 90 valence electrons. The van der Waals surface area contributed by atoms with Crippen molar-refractivity contribution in [3.05, 3.63) is 10.6 Å². The molecule has 2 aliphatic rings. The van der Waals surface area contributed by atoms with Crippen LogP contribution in [0.2, 0.25) is 0 Å². The molecule has 2 N–H and O–H groups in total. The molecule has 0 radical (unpaired) electrons. The monoisotopic (exact) mass is 242 g/mol. The summed E-state index contributed by atoms with van der Waals surface area (Å²) >= 11 is 4.13. The molecule has 1 saturated carbocycles. The quantitative estimate of drug-likeness (QED) is 0.634. The number of hydrogen-bond acceptors (Lipinski definition) is 4. The van der Waals surface area contributed by atoms with E-state index in [1.165, 1.54) is 5.57 Å². The zero-order chi connectivity index (χ0) is 12.1. The number of carbonyl (C=O) groups is 1. The standard InChI is InChI=1S/C11H18N2O2S/c1-11(2,3)15-10(14)13-4-6-7(5-13)8(6)9(12)16/h6-7,16H,4-5,12H2,1-3H3/t6-,7+. The average Bonchev–Trinajstić information content (AvgIpc) is 2.60. The second kappa shape index (κ2) is 3.58. The van der Waals surface area contributed by atoms with Gasteiger partial charge in [-0.25, -0.2) is 4.79 Å². The normalized spacial score (nSPS) is 31.1. The number of carbonyl (C=O) groups excluding carboxylic acids is 1. The molecule has 2 rings (SSSR count). The maximum absolute atomic E-state index is 11.7. The maximum atomic E-state index is 11.7. The van der Waals surface area contributed by atoms with Crippen LogP contribution < -0.4 is 5.73 Å². The van der Waals surface area contributed by atoms with Crippen molar-refractivity contribution in [3.63, 3.8) is 0 Å². The fourth-order valence-corrected chi connectivity index (χ4v) is 2.57. The first-order valence-electron chi connectivity index (χ1n) is 5.46. The molecule has 1 aliphatic heterocycles. The van der Waals surface area contributed by atoms with Crippen LogP contribution in [0.1, 0.15) is 20.8 Å². The number of hydrogen-bond donors (Lipinski definition) is 2. The molecule has 0 unspecified atom stereocenters. The van der Waals surface area contributed by atoms with Crippen molar-refractivity contribution in [3.8, 4) is 0 Å². The molecular weight excluding hydrogens is 224 g/mol. The third kappa shape index (κ3) is 2.14. The summed E-state index contributed by atoms with van der Waals surface area (Å²) in [5, 5.41) is 0.624. The van der Waals surface area contributed by atoms with Gasteiger partial charge in [0.15, 0.2) is 0 Å². The van der Waals surface area contributed by atoms with Gasteiger partial charge in [-0.2, -0.15) is 0 Å². The summed E-state index contributed by atoms with van der Waals surface area (Å²) in [5.74, 6) is 0.843. The first kappa shape index (κ1) is 11.6. The third-order valence-electron chi connectivity index (χ3n) is 2.96. The minimum atomic E-state index is -0.425. The largest absolute Gasteiger partial charge is 0.444 e. The lowest BCUT2D eigenvalue weighted by Crippen LogP contribution is -2.36. The molecule has 4 nitrogen and oxygen atoms in total. The van der Waals surface area contributed by atoms with Gasteiger partial charge >= 0.3 is 6.09 Å². The van der Waals surface area contributed by atoms with Crippen molar-refractivity contribution < 1.29 is 9.53 Å². The van der Waals surface area contributed by atoms with Gasteiger partial charge in [-0.05, 0) is 26.3 Å². The lowest BCUT2D eigenvalue weighted by atomic mass is 10.2. The van der Waals surface area contributed by atoms with Crippen LogP contribution in [0.4, 0.5) is 4.79 Å². The van der Waals surface area contributed by atoms with E-state index in [1.807, 2.05) is 20.8 Å². The molecule has 1 heterocycles. The zero-order valence-corrected chi connectivity index (χ0v) is 10.8. The lowest BCUT2D eigenvalue weighted by molar-refractivity contribution is 0.0280. The van der Waals surface area contributed by atoms with Crippen molar-refractivity contribution in [2.45, 2.75) is 26.4 Å². The number of nitrogens with two attached hydrogens (primary N) is 1. The fourth-order valence-electron chi connectivity index (χ4n) is 2.23. The van der Waals surface area contributed by atoms with Gasteiger partial charge in [0, 0.05) is 24.9 Å². The van der Waals surface area contributed by atoms with Crippen molar-refractivity contribution in [2.24, 2.45) is 17.6 Å². The van der Waals surface area contributed by atoms with Gasteiger partial charge in [0.25, 0.3) is 0 Å². The van der Waals surface area contributed by atoms with Gasteiger partial charge in [-0.1, -0.05) is 0 Å². The van der Waals surface area contributed by atoms with E-state index in [-0.39, 0.29) is 6.09 Å². The van der Waals surface area contributed by atoms with Crippen LogP contribution in [0.3, 0.4) is 0 Å². The molecule has 1 aliphatic carbocycles. The molecule has 2 fully saturated rings. The van der Waals surface area contributed by atoms with E-state index in [1.54, 1.807) is 4.90 Å². The smallest absolute Gasteiger partial charge is 0.410 e. The van der Waals surface area contributed by atoms with Crippen LogP contribution in [0.15, 0.2) is 10.6 Å². The van der Waals surface area contributed by atoms with E-state index in [0.29, 0.717) is 16.9 Å². The Morgan fingerprint density at radius 1 is 1.44 bits per heavy atom. The van der Waals surface area contributed by atoms with Gasteiger partial charge in [-0.15, -0.1) is 12.6 Å². The maximum Gasteiger partial charge on any atom is 0.410 e. The summed E-state index contributed by atoms with van der Waals surface area (Å²) in [6, 6.07) is 0. The molecule has 0 aromatic carbocycles. The molecule has 16 heavy (non-hydrogen) atoms. The summed E-state index contributed by atoms with van der Waals surface area (Å²) < 4.78 is 5.31. The molecule has 0 bridgehead atoms. The van der Waals surface area contributed by atoms with E-state index in [0.717, 1.165) is 13.1 Å². The highest BCUT2D eigenvalue weighted by Gasteiger charge is 2.53. The van der Waals surface area contributed by atoms with E-state index in [4.69, 9.17) is 10.5 Å². The Morgan fingerprint density at radius 3 is 2.31 bits per heavy atom. The highest BCUT2D eigenvalue weighted by Crippen LogP contribution is 2.52. The highest BCUT2D eigenvalue weighted by atomic mass is 32.1. The van der Waals surface area contributed by atoms with E-state index in [9.17, 15) is 4.79 Å². The third-order valence-corrected chi connectivity index (χ3v) is 3.22. The van der Waals surface area contributed by atoms with E-state index >= 15 is 0 Å². The van der Waals surface area contributed by atoms with Crippen molar-refractivity contribution in [1.82, 2.24) is 4.90 Å². The Hall–Kier alpha value is -0.840. The second-order valence-electron chi connectivity index (χ2n) is 5.44. The Morgan fingerprint density at radius 2 is 1.94 bits per heavy atom. The summed E-state index contributed by atoms with van der Waals surface area (Å²) in [6.45, 7) is 7.06. The second-order valence-corrected chi connectivity index (χ2v) is 5.92. The molecule has 1 saturated heterocycles.